The lowest BCUT2D eigenvalue weighted by Gasteiger charge is -2.27. The van der Waals surface area contributed by atoms with E-state index in [4.69, 9.17) is 0 Å². The predicted octanol–water partition coefficient (Wildman–Crippen LogP) is 2.16. The highest BCUT2D eigenvalue weighted by Gasteiger charge is 2.41. The molecule has 1 heterocycles. The minimum Gasteiger partial charge on any atom is -0.396 e. The molecule has 0 fully saturated rings. The molecule has 4 nitrogen and oxygen atoms in total. The molecule has 1 N–H and O–H groups in total. The first-order valence-electron chi connectivity index (χ1n) is 7.73. The van der Waals surface area contributed by atoms with Gasteiger partial charge in [-0.15, -0.1) is 0 Å². The fourth-order valence-electron chi connectivity index (χ4n) is 3.20. The van der Waals surface area contributed by atoms with Crippen LogP contribution in [0.1, 0.15) is 37.8 Å². The van der Waals surface area contributed by atoms with E-state index in [1.165, 1.54) is 4.90 Å². The maximum Gasteiger partial charge on any atom is 0.261 e. The van der Waals surface area contributed by atoms with Gasteiger partial charge < -0.3 is 5.11 Å². The van der Waals surface area contributed by atoms with E-state index in [2.05, 4.69) is 0 Å². The van der Waals surface area contributed by atoms with E-state index < -0.39 is 5.41 Å². The van der Waals surface area contributed by atoms with Gasteiger partial charge in [0.05, 0.1) is 5.57 Å². The van der Waals surface area contributed by atoms with Crippen molar-refractivity contribution in [1.29, 1.82) is 0 Å². The molecule has 22 heavy (non-hydrogen) atoms. The minimum absolute atomic E-state index is 0.0642. The van der Waals surface area contributed by atoms with Crippen LogP contribution in [0.3, 0.4) is 0 Å². The predicted molar refractivity (Wildman–Crippen MR) is 83.9 cm³/mol. The van der Waals surface area contributed by atoms with Gasteiger partial charge in [-0.3, -0.25) is 14.5 Å². The van der Waals surface area contributed by atoms with E-state index in [-0.39, 0.29) is 25.0 Å². The Hall–Kier alpha value is -1.94. The van der Waals surface area contributed by atoms with Crippen molar-refractivity contribution in [1.82, 2.24) is 4.90 Å². The molecular formula is C18H21NO3. The number of carbonyl (C=O) groups excluding carboxylic acids is 2. The van der Waals surface area contributed by atoms with E-state index in [0.29, 0.717) is 17.6 Å². The number of aliphatic hydroxyl groups is 1. The summed E-state index contributed by atoms with van der Waals surface area (Å²) in [5, 5.41) is 9.43. The number of aryl methyl sites for hydroxylation is 1. The second kappa shape index (κ2) is 5.36. The lowest BCUT2D eigenvalue weighted by molar-refractivity contribution is -0.138. The van der Waals surface area contributed by atoms with Crippen LogP contribution in [0.5, 0.6) is 0 Å². The van der Waals surface area contributed by atoms with Crippen LogP contribution < -0.4 is 0 Å². The molecule has 3 rings (SSSR count). The van der Waals surface area contributed by atoms with Gasteiger partial charge in [0.2, 0.25) is 0 Å². The van der Waals surface area contributed by atoms with Gasteiger partial charge in [-0.1, -0.05) is 38.1 Å². The molecule has 1 aromatic carbocycles. The lowest BCUT2D eigenvalue weighted by atomic mass is 9.94. The molecular weight excluding hydrogens is 278 g/mol. The lowest BCUT2D eigenvalue weighted by Crippen LogP contribution is -2.41. The molecule has 1 aromatic rings. The van der Waals surface area contributed by atoms with Crippen LogP contribution in [0, 0.1) is 5.41 Å². The maximum atomic E-state index is 12.8. The van der Waals surface area contributed by atoms with Crippen molar-refractivity contribution < 1.29 is 14.7 Å². The van der Waals surface area contributed by atoms with E-state index in [9.17, 15) is 14.7 Å². The first-order valence-corrected chi connectivity index (χ1v) is 7.73. The van der Waals surface area contributed by atoms with Crippen molar-refractivity contribution in [3.8, 4) is 0 Å². The standard InChI is InChI=1S/C18H21NO3/c1-18(2,11-20)10-19-16(21)14-9-5-7-12-6-3-4-8-13(12)15(14)17(19)22/h3-4,6,8,20H,5,7,9-11H2,1-2H3. The van der Waals surface area contributed by atoms with Crippen molar-refractivity contribution in [3.05, 3.63) is 41.0 Å². The van der Waals surface area contributed by atoms with Gasteiger partial charge in [0.1, 0.15) is 0 Å². The van der Waals surface area contributed by atoms with Gasteiger partial charge in [-0.05, 0) is 30.4 Å². The highest BCUT2D eigenvalue weighted by molar-refractivity contribution is 6.36. The summed E-state index contributed by atoms with van der Waals surface area (Å²) in [6, 6.07) is 7.84. The Labute approximate surface area is 130 Å². The van der Waals surface area contributed by atoms with E-state index >= 15 is 0 Å². The highest BCUT2D eigenvalue weighted by Crippen LogP contribution is 2.37. The fourth-order valence-corrected chi connectivity index (χ4v) is 3.20. The molecule has 4 heteroatoms. The Morgan fingerprint density at radius 3 is 2.59 bits per heavy atom. The summed E-state index contributed by atoms with van der Waals surface area (Å²) in [6.45, 7) is 3.89. The number of aliphatic hydroxyl groups excluding tert-OH is 1. The largest absolute Gasteiger partial charge is 0.396 e. The first-order chi connectivity index (χ1) is 10.4. The molecule has 1 aliphatic heterocycles. The summed E-state index contributed by atoms with van der Waals surface area (Å²) in [6.07, 6.45) is 2.42. The van der Waals surface area contributed by atoms with Gasteiger partial charge in [0.25, 0.3) is 11.8 Å². The number of benzene rings is 1. The molecule has 0 spiro atoms. The molecule has 0 aromatic heterocycles. The highest BCUT2D eigenvalue weighted by atomic mass is 16.3. The maximum absolute atomic E-state index is 12.8. The Morgan fingerprint density at radius 1 is 1.14 bits per heavy atom. The average Bonchev–Trinajstić information content (AvgIpc) is 2.67. The van der Waals surface area contributed by atoms with Crippen molar-refractivity contribution in [2.75, 3.05) is 13.2 Å². The number of amides is 2. The van der Waals surface area contributed by atoms with Crippen LogP contribution >= 0.6 is 0 Å². The zero-order chi connectivity index (χ0) is 15.9. The zero-order valence-electron chi connectivity index (χ0n) is 13.1. The Balaban J connectivity index is 2.02. The van der Waals surface area contributed by atoms with Crippen molar-refractivity contribution in [2.24, 2.45) is 5.41 Å². The quantitative estimate of drug-likeness (QED) is 0.870. The molecule has 0 saturated heterocycles. The molecule has 0 bridgehead atoms. The third-order valence-electron chi connectivity index (χ3n) is 4.44. The molecule has 2 amide bonds. The smallest absolute Gasteiger partial charge is 0.261 e. The van der Waals surface area contributed by atoms with Crippen LogP contribution in [0.25, 0.3) is 5.57 Å². The van der Waals surface area contributed by atoms with Gasteiger partial charge >= 0.3 is 0 Å². The molecule has 0 saturated carbocycles. The minimum atomic E-state index is -0.491. The number of nitrogens with zero attached hydrogens (tertiary/aromatic N) is 1. The summed E-state index contributed by atoms with van der Waals surface area (Å²) in [4.78, 5) is 26.8. The number of rotatable bonds is 3. The van der Waals surface area contributed by atoms with Crippen molar-refractivity contribution in [3.63, 3.8) is 0 Å². The van der Waals surface area contributed by atoms with Crippen LogP contribution in [0.2, 0.25) is 0 Å². The van der Waals surface area contributed by atoms with Crippen molar-refractivity contribution >= 4 is 17.4 Å². The monoisotopic (exact) mass is 299 g/mol. The molecule has 116 valence electrons. The van der Waals surface area contributed by atoms with Gasteiger partial charge in [0, 0.05) is 24.1 Å². The third kappa shape index (κ3) is 2.37. The second-order valence-corrected chi connectivity index (χ2v) is 6.88. The third-order valence-corrected chi connectivity index (χ3v) is 4.44. The van der Waals surface area contributed by atoms with E-state index in [1.807, 2.05) is 38.1 Å². The topological polar surface area (TPSA) is 57.6 Å². The summed E-state index contributed by atoms with van der Waals surface area (Å²) in [5.41, 5.74) is 2.76. The number of carbonyl (C=O) groups is 2. The average molecular weight is 299 g/mol. The van der Waals surface area contributed by atoms with Crippen molar-refractivity contribution in [2.45, 2.75) is 33.1 Å². The summed E-state index contributed by atoms with van der Waals surface area (Å²) >= 11 is 0. The van der Waals surface area contributed by atoms with Gasteiger partial charge in [-0.25, -0.2) is 0 Å². The Kier molecular flexibility index (Phi) is 3.65. The number of imide groups is 1. The second-order valence-electron chi connectivity index (χ2n) is 6.88. The molecule has 1 aliphatic carbocycles. The summed E-state index contributed by atoms with van der Waals surface area (Å²) in [5.74, 6) is -0.394. The fraction of sp³-hybridized carbons (Fsp3) is 0.444. The Bertz CT molecular complexity index is 673. The number of fused-ring (bicyclic) bond motifs is 2. The molecule has 0 radical (unpaired) electrons. The summed E-state index contributed by atoms with van der Waals surface area (Å²) < 4.78 is 0. The normalized spacial score (nSPS) is 18.4. The van der Waals surface area contributed by atoms with Crippen LogP contribution in [0.15, 0.2) is 29.8 Å². The van der Waals surface area contributed by atoms with Crippen LogP contribution in [-0.2, 0) is 16.0 Å². The molecule has 2 aliphatic rings. The van der Waals surface area contributed by atoms with Crippen LogP contribution in [-0.4, -0.2) is 35.0 Å². The van der Waals surface area contributed by atoms with Gasteiger partial charge in [-0.2, -0.15) is 0 Å². The summed E-state index contributed by atoms with van der Waals surface area (Å²) in [7, 11) is 0. The number of hydrogen-bond donors (Lipinski definition) is 1. The molecule has 0 atom stereocenters. The van der Waals surface area contributed by atoms with Crippen LogP contribution in [0.4, 0.5) is 0 Å². The van der Waals surface area contributed by atoms with Gasteiger partial charge in [0.15, 0.2) is 0 Å². The molecule has 0 unspecified atom stereocenters. The SMILES string of the molecule is CC(C)(CO)CN1C(=O)C2=C(C1=O)c1ccccc1CCC2. The number of hydrogen-bond acceptors (Lipinski definition) is 3. The Morgan fingerprint density at radius 2 is 1.86 bits per heavy atom. The van der Waals surface area contributed by atoms with E-state index in [1.54, 1.807) is 0 Å². The first kappa shape index (κ1) is 15.0. The zero-order valence-corrected chi connectivity index (χ0v) is 13.1. The van der Waals surface area contributed by atoms with E-state index in [0.717, 1.165) is 24.0 Å².